The van der Waals surface area contributed by atoms with Gasteiger partial charge in [0.1, 0.15) is 11.9 Å². The van der Waals surface area contributed by atoms with Crippen molar-refractivity contribution in [1.82, 2.24) is 0 Å². The van der Waals surface area contributed by atoms with Gasteiger partial charge < -0.3 is 10.2 Å². The molecule has 0 bridgehead atoms. The van der Waals surface area contributed by atoms with E-state index in [1.54, 1.807) is 20.8 Å². The van der Waals surface area contributed by atoms with Crippen molar-refractivity contribution in [2.75, 3.05) is 0 Å². The topological polar surface area (TPSA) is 57.5 Å². The van der Waals surface area contributed by atoms with E-state index >= 15 is 0 Å². The second kappa shape index (κ2) is 2.59. The van der Waals surface area contributed by atoms with Crippen LogP contribution < -0.4 is 0 Å². The highest BCUT2D eigenvalue weighted by Gasteiger charge is 2.38. The molecule has 1 atom stereocenters. The Morgan fingerprint density at radius 3 is 2.50 bits per heavy atom. The molecule has 68 valence electrons. The van der Waals surface area contributed by atoms with Gasteiger partial charge in [-0.15, -0.1) is 0 Å². The number of aliphatic hydroxyl groups is 2. The van der Waals surface area contributed by atoms with Crippen LogP contribution in [0, 0.1) is 5.41 Å². The molecule has 0 aromatic rings. The minimum absolute atomic E-state index is 0.0784. The summed E-state index contributed by atoms with van der Waals surface area (Å²) in [6.45, 7) is 5.09. The summed E-state index contributed by atoms with van der Waals surface area (Å²) in [5.74, 6) is -0.246. The van der Waals surface area contributed by atoms with E-state index in [0.29, 0.717) is 12.0 Å². The zero-order valence-corrected chi connectivity index (χ0v) is 7.59. The van der Waals surface area contributed by atoms with Crippen molar-refractivity contribution >= 4 is 5.78 Å². The molecule has 1 aliphatic carbocycles. The fourth-order valence-electron chi connectivity index (χ4n) is 1.55. The average molecular weight is 170 g/mol. The van der Waals surface area contributed by atoms with E-state index in [-0.39, 0.29) is 11.5 Å². The number of hydrogen-bond donors (Lipinski definition) is 2. The van der Waals surface area contributed by atoms with Crippen molar-refractivity contribution in [3.05, 3.63) is 11.3 Å². The summed E-state index contributed by atoms with van der Waals surface area (Å²) in [5.41, 5.74) is -0.255. The predicted molar refractivity (Wildman–Crippen MR) is 44.7 cm³/mol. The number of allylic oxidation sites excluding steroid dienone is 1. The molecule has 0 amide bonds. The van der Waals surface area contributed by atoms with Crippen LogP contribution in [0.5, 0.6) is 0 Å². The third kappa shape index (κ3) is 1.25. The van der Waals surface area contributed by atoms with Gasteiger partial charge in [-0.1, -0.05) is 13.8 Å². The Labute approximate surface area is 71.7 Å². The standard InChI is InChI=1S/C9H14O3/c1-5-7(11)6(10)4-9(2,3)8(5)12/h6,10-11H,4H2,1-3H3/t6-/m1/s1. The van der Waals surface area contributed by atoms with E-state index in [2.05, 4.69) is 0 Å². The molecule has 0 heterocycles. The van der Waals surface area contributed by atoms with Gasteiger partial charge in [0.2, 0.25) is 0 Å². The maximum atomic E-state index is 11.5. The number of hydrogen-bond acceptors (Lipinski definition) is 3. The summed E-state index contributed by atoms with van der Waals surface area (Å²) in [5, 5.41) is 18.6. The smallest absolute Gasteiger partial charge is 0.167 e. The average Bonchev–Trinajstić information content (AvgIpc) is 1.97. The molecule has 1 aliphatic rings. The molecule has 0 fully saturated rings. The number of Topliss-reactive ketones (excluding diaryl/α,β-unsaturated/α-hetero) is 1. The van der Waals surface area contributed by atoms with Crippen LogP contribution in [0.25, 0.3) is 0 Å². The first-order valence-electron chi connectivity index (χ1n) is 3.99. The second-order valence-electron chi connectivity index (χ2n) is 3.94. The summed E-state index contributed by atoms with van der Waals surface area (Å²) in [6.07, 6.45) is -0.577. The van der Waals surface area contributed by atoms with Gasteiger partial charge in [-0.3, -0.25) is 4.79 Å². The molecule has 1 rings (SSSR count). The minimum atomic E-state index is -0.877. The molecule has 0 saturated carbocycles. The molecule has 2 N–H and O–H groups in total. The Morgan fingerprint density at radius 1 is 1.50 bits per heavy atom. The highest BCUT2D eigenvalue weighted by molar-refractivity contribution is 6.00. The molecular formula is C9H14O3. The van der Waals surface area contributed by atoms with Crippen LogP contribution in [0.1, 0.15) is 27.2 Å². The summed E-state index contributed by atoms with van der Waals surface area (Å²) in [4.78, 5) is 11.5. The monoisotopic (exact) mass is 170 g/mol. The lowest BCUT2D eigenvalue weighted by Crippen LogP contribution is -2.36. The van der Waals surface area contributed by atoms with Crippen LogP contribution in [0.2, 0.25) is 0 Å². The van der Waals surface area contributed by atoms with E-state index in [1.165, 1.54) is 0 Å². The predicted octanol–water partition coefficient (Wildman–Crippen LogP) is 1.18. The maximum Gasteiger partial charge on any atom is 0.167 e. The highest BCUT2D eigenvalue weighted by Crippen LogP contribution is 2.34. The van der Waals surface area contributed by atoms with Gasteiger partial charge >= 0.3 is 0 Å². The molecule has 0 radical (unpaired) electrons. The molecule has 3 heteroatoms. The third-order valence-corrected chi connectivity index (χ3v) is 2.36. The number of carbonyl (C=O) groups excluding carboxylic acids is 1. The SMILES string of the molecule is CC1=C(O)[C@H](O)CC(C)(C)C1=O. The van der Waals surface area contributed by atoms with Gasteiger partial charge in [-0.25, -0.2) is 0 Å². The lowest BCUT2D eigenvalue weighted by molar-refractivity contribution is -0.126. The Balaban J connectivity index is 3.10. The normalized spacial score (nSPS) is 29.3. The van der Waals surface area contributed by atoms with Gasteiger partial charge in [0.05, 0.1) is 0 Å². The van der Waals surface area contributed by atoms with Crippen LogP contribution in [0.3, 0.4) is 0 Å². The van der Waals surface area contributed by atoms with Crippen molar-refractivity contribution < 1.29 is 15.0 Å². The van der Waals surface area contributed by atoms with Gasteiger partial charge in [0.25, 0.3) is 0 Å². The van der Waals surface area contributed by atoms with Crippen LogP contribution in [0.15, 0.2) is 11.3 Å². The minimum Gasteiger partial charge on any atom is -0.509 e. The zero-order chi connectivity index (χ0) is 9.52. The zero-order valence-electron chi connectivity index (χ0n) is 7.59. The van der Waals surface area contributed by atoms with Crippen molar-refractivity contribution in [2.24, 2.45) is 5.41 Å². The van der Waals surface area contributed by atoms with Crippen LogP contribution in [0.4, 0.5) is 0 Å². The number of rotatable bonds is 0. The second-order valence-corrected chi connectivity index (χ2v) is 3.94. The first kappa shape index (κ1) is 9.26. The molecule has 12 heavy (non-hydrogen) atoms. The number of carbonyl (C=O) groups is 1. The Kier molecular flexibility index (Phi) is 2.00. The highest BCUT2D eigenvalue weighted by atomic mass is 16.3. The summed E-state index contributed by atoms with van der Waals surface area (Å²) >= 11 is 0. The van der Waals surface area contributed by atoms with E-state index in [0.717, 1.165) is 0 Å². The first-order chi connectivity index (χ1) is 5.36. The van der Waals surface area contributed by atoms with E-state index in [4.69, 9.17) is 0 Å². The third-order valence-electron chi connectivity index (χ3n) is 2.36. The Morgan fingerprint density at radius 2 is 2.00 bits per heavy atom. The van der Waals surface area contributed by atoms with E-state index < -0.39 is 11.5 Å². The Hall–Kier alpha value is -0.830. The van der Waals surface area contributed by atoms with E-state index in [9.17, 15) is 15.0 Å². The summed E-state index contributed by atoms with van der Waals surface area (Å²) in [6, 6.07) is 0. The molecule has 3 nitrogen and oxygen atoms in total. The molecule has 0 aromatic heterocycles. The van der Waals surface area contributed by atoms with Crippen LogP contribution in [-0.2, 0) is 4.79 Å². The van der Waals surface area contributed by atoms with Crippen LogP contribution in [-0.4, -0.2) is 22.1 Å². The molecule has 0 saturated heterocycles. The van der Waals surface area contributed by atoms with Gasteiger partial charge in [0.15, 0.2) is 5.78 Å². The quantitative estimate of drug-likeness (QED) is 0.574. The van der Waals surface area contributed by atoms with Crippen molar-refractivity contribution in [3.63, 3.8) is 0 Å². The van der Waals surface area contributed by atoms with E-state index in [1.807, 2.05) is 0 Å². The molecule has 0 aliphatic heterocycles. The molecular weight excluding hydrogens is 156 g/mol. The largest absolute Gasteiger partial charge is 0.509 e. The van der Waals surface area contributed by atoms with Crippen molar-refractivity contribution in [3.8, 4) is 0 Å². The lowest BCUT2D eigenvalue weighted by Gasteiger charge is -2.31. The fraction of sp³-hybridized carbons (Fsp3) is 0.667. The van der Waals surface area contributed by atoms with Gasteiger partial charge in [0, 0.05) is 11.0 Å². The first-order valence-corrected chi connectivity index (χ1v) is 3.99. The molecule has 0 spiro atoms. The van der Waals surface area contributed by atoms with Gasteiger partial charge in [-0.2, -0.15) is 0 Å². The molecule has 0 aromatic carbocycles. The van der Waals surface area contributed by atoms with Crippen molar-refractivity contribution in [2.45, 2.75) is 33.3 Å². The van der Waals surface area contributed by atoms with Gasteiger partial charge in [-0.05, 0) is 13.3 Å². The summed E-state index contributed by atoms with van der Waals surface area (Å²) in [7, 11) is 0. The molecule has 0 unspecified atom stereocenters. The summed E-state index contributed by atoms with van der Waals surface area (Å²) < 4.78 is 0. The van der Waals surface area contributed by atoms with Crippen LogP contribution >= 0.6 is 0 Å². The van der Waals surface area contributed by atoms with Crippen molar-refractivity contribution in [1.29, 1.82) is 0 Å². The Bertz CT molecular complexity index is 250. The fourth-order valence-corrected chi connectivity index (χ4v) is 1.55. The number of aliphatic hydroxyl groups excluding tert-OH is 2. The lowest BCUT2D eigenvalue weighted by atomic mass is 9.74. The number of ketones is 1. The maximum absolute atomic E-state index is 11.5.